The summed E-state index contributed by atoms with van der Waals surface area (Å²) in [4.78, 5) is 18.7. The van der Waals surface area contributed by atoms with Crippen molar-refractivity contribution in [3.8, 4) is 5.75 Å². The molecule has 32 heavy (non-hydrogen) atoms. The molecule has 1 atom stereocenters. The molecule has 0 spiro atoms. The van der Waals surface area contributed by atoms with Crippen LogP contribution in [0.5, 0.6) is 5.75 Å². The monoisotopic (exact) mass is 431 g/mol. The average Bonchev–Trinajstić information content (AvgIpc) is 3.36. The lowest BCUT2D eigenvalue weighted by atomic mass is 10.1. The van der Waals surface area contributed by atoms with Crippen molar-refractivity contribution in [3.05, 3.63) is 88.4 Å². The van der Waals surface area contributed by atoms with Gasteiger partial charge in [0.15, 0.2) is 11.6 Å². The molecule has 0 radical (unpaired) electrons. The number of ether oxygens (including phenoxy) is 1. The Balaban J connectivity index is 1.29. The summed E-state index contributed by atoms with van der Waals surface area (Å²) in [5.74, 6) is 0.610. The van der Waals surface area contributed by atoms with Gasteiger partial charge in [-0.25, -0.2) is 9.37 Å². The fraction of sp³-hybridized carbons (Fsp3) is 0.308. The van der Waals surface area contributed by atoms with Gasteiger partial charge < -0.3 is 15.0 Å². The van der Waals surface area contributed by atoms with Crippen molar-refractivity contribution >= 4 is 11.7 Å². The second-order valence-corrected chi connectivity index (χ2v) is 8.48. The highest BCUT2D eigenvalue weighted by molar-refractivity contribution is 5.99. The summed E-state index contributed by atoms with van der Waals surface area (Å²) >= 11 is 0. The predicted octanol–water partition coefficient (Wildman–Crippen LogP) is 4.92. The topological polar surface area (TPSA) is 54.5 Å². The van der Waals surface area contributed by atoms with E-state index in [1.807, 2.05) is 32.0 Å². The van der Waals surface area contributed by atoms with E-state index in [0.29, 0.717) is 24.5 Å². The van der Waals surface area contributed by atoms with E-state index in [2.05, 4.69) is 22.4 Å². The summed E-state index contributed by atoms with van der Waals surface area (Å²) in [6, 6.07) is 14.9. The number of halogens is 1. The molecule has 1 unspecified atom stereocenters. The molecule has 5 nitrogen and oxygen atoms in total. The molecule has 0 fully saturated rings. The first-order valence-electron chi connectivity index (χ1n) is 11.1. The third kappa shape index (κ3) is 3.70. The van der Waals surface area contributed by atoms with Crippen molar-refractivity contribution in [2.75, 3.05) is 11.9 Å². The second kappa shape index (κ2) is 8.26. The van der Waals surface area contributed by atoms with Crippen LogP contribution in [0.1, 0.15) is 52.5 Å². The number of hydrogen-bond donors (Lipinski definition) is 1. The molecule has 6 heteroatoms. The number of carbonyl (C=O) groups excluding carboxylic acids is 1. The Labute approximate surface area is 187 Å². The lowest BCUT2D eigenvalue weighted by molar-refractivity contribution is 0.0787. The van der Waals surface area contributed by atoms with Crippen LogP contribution in [-0.4, -0.2) is 28.4 Å². The fourth-order valence-corrected chi connectivity index (χ4v) is 4.62. The number of nitrogens with zero attached hydrogens (tertiary/aromatic N) is 2. The molecule has 5 rings (SSSR count). The molecular formula is C26H26FN3O2. The van der Waals surface area contributed by atoms with Crippen molar-refractivity contribution in [2.45, 2.75) is 45.4 Å². The van der Waals surface area contributed by atoms with Gasteiger partial charge in [-0.05, 0) is 48.7 Å². The van der Waals surface area contributed by atoms with Gasteiger partial charge in [0.1, 0.15) is 11.9 Å². The summed E-state index contributed by atoms with van der Waals surface area (Å²) in [6.07, 6.45) is 3.20. The van der Waals surface area contributed by atoms with Crippen molar-refractivity contribution in [1.82, 2.24) is 9.88 Å². The smallest absolute Gasteiger partial charge is 0.254 e. The summed E-state index contributed by atoms with van der Waals surface area (Å²) < 4.78 is 20.9. The number of carbonyl (C=O) groups is 1. The number of nitrogens with one attached hydrogen (secondary N) is 1. The molecule has 164 valence electrons. The van der Waals surface area contributed by atoms with Crippen molar-refractivity contribution < 1.29 is 13.9 Å². The number of anilines is 1. The van der Waals surface area contributed by atoms with E-state index in [0.717, 1.165) is 24.0 Å². The Morgan fingerprint density at radius 1 is 1.19 bits per heavy atom. The molecule has 2 aromatic carbocycles. The van der Waals surface area contributed by atoms with Gasteiger partial charge in [-0.1, -0.05) is 30.3 Å². The molecule has 2 aliphatic rings. The quantitative estimate of drug-likeness (QED) is 0.602. The van der Waals surface area contributed by atoms with Gasteiger partial charge in [-0.3, -0.25) is 4.79 Å². The minimum Gasteiger partial charge on any atom is -0.487 e. The van der Waals surface area contributed by atoms with Crippen molar-refractivity contribution in [3.63, 3.8) is 0 Å². The summed E-state index contributed by atoms with van der Waals surface area (Å²) in [7, 11) is 0. The van der Waals surface area contributed by atoms with Gasteiger partial charge in [0, 0.05) is 36.7 Å². The van der Waals surface area contributed by atoms with Gasteiger partial charge in [0.25, 0.3) is 5.91 Å². The van der Waals surface area contributed by atoms with Gasteiger partial charge in [-0.15, -0.1) is 0 Å². The van der Waals surface area contributed by atoms with Gasteiger partial charge in [0.2, 0.25) is 0 Å². The third-order valence-electron chi connectivity index (χ3n) is 6.42. The maximum atomic E-state index is 14.9. The molecule has 1 aromatic heterocycles. The van der Waals surface area contributed by atoms with Crippen LogP contribution < -0.4 is 10.1 Å². The first-order chi connectivity index (χ1) is 15.5. The first kappa shape index (κ1) is 20.5. The zero-order valence-corrected chi connectivity index (χ0v) is 18.3. The molecule has 1 aliphatic heterocycles. The van der Waals surface area contributed by atoms with Crippen molar-refractivity contribution in [2.24, 2.45) is 0 Å². The summed E-state index contributed by atoms with van der Waals surface area (Å²) in [5, 5.41) is 3.36. The van der Waals surface area contributed by atoms with E-state index in [1.165, 1.54) is 17.2 Å². The summed E-state index contributed by atoms with van der Waals surface area (Å²) in [5.41, 5.74) is 4.92. The summed E-state index contributed by atoms with van der Waals surface area (Å²) in [6.45, 7) is 5.11. The Kier molecular flexibility index (Phi) is 5.29. The van der Waals surface area contributed by atoms with Crippen LogP contribution >= 0.6 is 0 Å². The van der Waals surface area contributed by atoms with Crippen LogP contribution in [-0.2, 0) is 19.4 Å². The minimum atomic E-state index is -0.370. The molecule has 0 bridgehead atoms. The van der Waals surface area contributed by atoms with E-state index in [1.54, 1.807) is 23.2 Å². The van der Waals surface area contributed by atoms with Crippen LogP contribution in [0.3, 0.4) is 0 Å². The molecular weight excluding hydrogens is 405 g/mol. The lowest BCUT2D eigenvalue weighted by Crippen LogP contribution is -2.22. The van der Waals surface area contributed by atoms with Gasteiger partial charge >= 0.3 is 0 Å². The Morgan fingerprint density at radius 3 is 2.62 bits per heavy atom. The van der Waals surface area contributed by atoms with Crippen LogP contribution in [0.4, 0.5) is 10.2 Å². The molecule has 3 aromatic rings. The first-order valence-corrected chi connectivity index (χ1v) is 11.1. The number of amides is 1. The Hall–Kier alpha value is -3.41. The number of rotatable bonds is 6. The minimum absolute atomic E-state index is 0.0298. The van der Waals surface area contributed by atoms with E-state index in [-0.39, 0.29) is 29.6 Å². The van der Waals surface area contributed by atoms with Crippen molar-refractivity contribution in [1.29, 1.82) is 0 Å². The second-order valence-electron chi connectivity index (χ2n) is 8.48. The lowest BCUT2D eigenvalue weighted by Gasteiger charge is -2.19. The normalized spacial score (nSPS) is 16.1. The molecule has 0 saturated carbocycles. The van der Waals surface area contributed by atoms with E-state index < -0.39 is 0 Å². The highest BCUT2D eigenvalue weighted by Gasteiger charge is 2.29. The van der Waals surface area contributed by atoms with Crippen LogP contribution in [0.25, 0.3) is 0 Å². The molecule has 1 amide bonds. The number of pyridine rings is 1. The van der Waals surface area contributed by atoms with Crippen LogP contribution in [0.2, 0.25) is 0 Å². The predicted molar refractivity (Wildman–Crippen MR) is 121 cm³/mol. The van der Waals surface area contributed by atoms with Gasteiger partial charge in [0.05, 0.1) is 12.6 Å². The Morgan fingerprint density at radius 2 is 1.94 bits per heavy atom. The molecule has 1 N–H and O–H groups in total. The number of hydrogen-bond acceptors (Lipinski definition) is 4. The maximum Gasteiger partial charge on any atom is 0.254 e. The van der Waals surface area contributed by atoms with Crippen LogP contribution in [0.15, 0.2) is 54.7 Å². The number of fused-ring (bicyclic) bond motifs is 2. The third-order valence-corrected chi connectivity index (χ3v) is 6.42. The number of aromatic nitrogens is 1. The highest BCUT2D eigenvalue weighted by Crippen LogP contribution is 2.32. The molecule has 1 aliphatic carbocycles. The zero-order chi connectivity index (χ0) is 22.2. The molecule has 2 heterocycles. The van der Waals surface area contributed by atoms with Crippen LogP contribution in [0, 0.1) is 5.82 Å². The van der Waals surface area contributed by atoms with E-state index in [9.17, 15) is 9.18 Å². The number of benzene rings is 2. The SMILES string of the molecule is CCN1Cc2c(ccnc2NC(C)c2ccc(OC3Cc4ccccc4C3)c(F)c2)C1=O. The largest absolute Gasteiger partial charge is 0.487 e. The van der Waals surface area contributed by atoms with Gasteiger partial charge in [-0.2, -0.15) is 0 Å². The van der Waals surface area contributed by atoms with E-state index >= 15 is 0 Å². The fourth-order valence-electron chi connectivity index (χ4n) is 4.62. The zero-order valence-electron chi connectivity index (χ0n) is 18.3. The Bertz CT molecular complexity index is 1150. The average molecular weight is 432 g/mol. The van der Waals surface area contributed by atoms with E-state index in [4.69, 9.17) is 4.74 Å². The maximum absolute atomic E-state index is 14.9. The highest BCUT2D eigenvalue weighted by atomic mass is 19.1. The molecule has 0 saturated heterocycles. The standard InChI is InChI=1S/C26H26FN3O2/c1-3-30-15-22-21(26(30)31)10-11-28-25(22)29-16(2)17-8-9-24(23(27)14-17)32-20-12-18-6-4-5-7-19(18)13-20/h4-11,14,16,20H,3,12-13,15H2,1-2H3,(H,28,29).